The fourth-order valence-corrected chi connectivity index (χ4v) is 2.68. The molecular formula is C17H21N3O. The van der Waals surface area contributed by atoms with Crippen molar-refractivity contribution in [3.8, 4) is 0 Å². The van der Waals surface area contributed by atoms with E-state index in [2.05, 4.69) is 48.3 Å². The summed E-state index contributed by atoms with van der Waals surface area (Å²) >= 11 is 0. The summed E-state index contributed by atoms with van der Waals surface area (Å²) in [6.45, 7) is 3.82. The van der Waals surface area contributed by atoms with E-state index in [0.717, 1.165) is 42.9 Å². The highest BCUT2D eigenvalue weighted by molar-refractivity contribution is 5.85. The van der Waals surface area contributed by atoms with Crippen LogP contribution in [0.4, 0.5) is 0 Å². The summed E-state index contributed by atoms with van der Waals surface area (Å²) in [7, 11) is 2.10. The Balaban J connectivity index is 1.60. The van der Waals surface area contributed by atoms with Gasteiger partial charge in [0.2, 0.25) is 0 Å². The van der Waals surface area contributed by atoms with E-state index in [1.54, 1.807) is 0 Å². The Labute approximate surface area is 125 Å². The van der Waals surface area contributed by atoms with Crippen molar-refractivity contribution in [3.05, 3.63) is 42.1 Å². The lowest BCUT2D eigenvalue weighted by Crippen LogP contribution is -2.29. The Hall–Kier alpha value is -1.94. The highest BCUT2D eigenvalue weighted by Gasteiger charge is 2.21. The molecule has 0 radical (unpaired) electrons. The van der Waals surface area contributed by atoms with Crippen molar-refractivity contribution in [3.63, 3.8) is 0 Å². The van der Waals surface area contributed by atoms with Gasteiger partial charge in [0.05, 0.1) is 16.9 Å². The number of oxime groups is 1. The predicted molar refractivity (Wildman–Crippen MR) is 85.3 cm³/mol. The number of hydrogen-bond acceptors (Lipinski definition) is 4. The minimum Gasteiger partial charge on any atom is -0.391 e. The fraction of sp³-hybridized carbons (Fsp3) is 0.412. The van der Waals surface area contributed by atoms with E-state index < -0.39 is 0 Å². The summed E-state index contributed by atoms with van der Waals surface area (Å²) in [4.78, 5) is 12.4. The van der Waals surface area contributed by atoms with Crippen LogP contribution in [0.3, 0.4) is 0 Å². The van der Waals surface area contributed by atoms with E-state index in [1.807, 2.05) is 12.1 Å². The zero-order valence-corrected chi connectivity index (χ0v) is 12.6. The number of para-hydroxylation sites is 1. The van der Waals surface area contributed by atoms with Crippen LogP contribution in [0.5, 0.6) is 0 Å². The van der Waals surface area contributed by atoms with Gasteiger partial charge in [-0.05, 0) is 25.6 Å². The van der Waals surface area contributed by atoms with Crippen molar-refractivity contribution < 1.29 is 4.84 Å². The first-order chi connectivity index (χ1) is 10.2. The molecule has 1 unspecified atom stereocenters. The van der Waals surface area contributed by atoms with Crippen molar-refractivity contribution in [1.82, 2.24) is 9.88 Å². The van der Waals surface area contributed by atoms with Crippen LogP contribution in [0.1, 0.15) is 25.5 Å². The second-order valence-electron chi connectivity index (χ2n) is 5.63. The topological polar surface area (TPSA) is 37.7 Å². The van der Waals surface area contributed by atoms with Gasteiger partial charge >= 0.3 is 0 Å². The van der Waals surface area contributed by atoms with Gasteiger partial charge in [-0.2, -0.15) is 0 Å². The summed E-state index contributed by atoms with van der Waals surface area (Å²) in [6, 6.07) is 12.4. The molecule has 1 aromatic carbocycles. The van der Waals surface area contributed by atoms with Gasteiger partial charge in [0.25, 0.3) is 0 Å². The average molecular weight is 283 g/mol. The second kappa shape index (κ2) is 6.22. The third-order valence-corrected chi connectivity index (χ3v) is 3.81. The van der Waals surface area contributed by atoms with Crippen LogP contribution < -0.4 is 0 Å². The lowest BCUT2D eigenvalue weighted by Gasteiger charge is -2.19. The molecule has 0 amide bonds. The number of likely N-dealkylation sites (N-methyl/N-ethyl adjacent to an activating group) is 1. The first-order valence-corrected chi connectivity index (χ1v) is 7.49. The number of pyridine rings is 1. The Morgan fingerprint density at radius 2 is 2.10 bits per heavy atom. The molecule has 2 aromatic rings. The number of rotatable bonds is 5. The predicted octanol–water partition coefficient (Wildman–Crippen LogP) is 3.22. The van der Waals surface area contributed by atoms with Crippen LogP contribution in [0.25, 0.3) is 10.9 Å². The van der Waals surface area contributed by atoms with Gasteiger partial charge in [-0.25, -0.2) is 0 Å². The third kappa shape index (κ3) is 3.39. The fourth-order valence-electron chi connectivity index (χ4n) is 2.68. The molecule has 21 heavy (non-hydrogen) atoms. The van der Waals surface area contributed by atoms with Gasteiger partial charge in [-0.1, -0.05) is 36.3 Å². The largest absolute Gasteiger partial charge is 0.391 e. The van der Waals surface area contributed by atoms with Gasteiger partial charge in [0, 0.05) is 24.9 Å². The summed E-state index contributed by atoms with van der Waals surface area (Å²) < 4.78 is 0. The van der Waals surface area contributed by atoms with Crippen LogP contribution in [-0.2, 0) is 11.4 Å². The summed E-state index contributed by atoms with van der Waals surface area (Å²) in [6.07, 6.45) is 2.11. The number of aromatic nitrogens is 1. The molecule has 2 heterocycles. The Morgan fingerprint density at radius 3 is 2.90 bits per heavy atom. The average Bonchev–Trinajstić information content (AvgIpc) is 2.94. The minimum absolute atomic E-state index is 0.186. The van der Waals surface area contributed by atoms with Crippen molar-refractivity contribution >= 4 is 16.6 Å². The molecule has 0 aliphatic carbocycles. The molecule has 1 aromatic heterocycles. The highest BCUT2D eigenvalue weighted by Crippen LogP contribution is 2.16. The smallest absolute Gasteiger partial charge is 0.145 e. The maximum Gasteiger partial charge on any atom is 0.145 e. The number of benzene rings is 1. The van der Waals surface area contributed by atoms with E-state index in [9.17, 15) is 0 Å². The minimum atomic E-state index is 0.186. The molecule has 4 nitrogen and oxygen atoms in total. The maximum absolute atomic E-state index is 5.46. The van der Waals surface area contributed by atoms with Crippen molar-refractivity contribution in [2.45, 2.75) is 32.4 Å². The van der Waals surface area contributed by atoms with E-state index in [0.29, 0.717) is 0 Å². The van der Waals surface area contributed by atoms with Gasteiger partial charge in [0.1, 0.15) is 6.10 Å². The SMILES string of the molecule is CCC1=NOC(CN(C)Cc2ccc3ccccc3n2)C1. The van der Waals surface area contributed by atoms with Crippen LogP contribution >= 0.6 is 0 Å². The molecule has 3 rings (SSSR count). The van der Waals surface area contributed by atoms with Gasteiger partial charge in [-0.3, -0.25) is 9.88 Å². The molecule has 1 atom stereocenters. The van der Waals surface area contributed by atoms with E-state index in [-0.39, 0.29) is 6.10 Å². The normalized spacial score (nSPS) is 18.0. The Morgan fingerprint density at radius 1 is 1.24 bits per heavy atom. The quantitative estimate of drug-likeness (QED) is 0.845. The monoisotopic (exact) mass is 283 g/mol. The maximum atomic E-state index is 5.46. The molecule has 4 heteroatoms. The summed E-state index contributed by atoms with van der Waals surface area (Å²) in [5.74, 6) is 0. The number of hydrogen-bond donors (Lipinski definition) is 0. The van der Waals surface area contributed by atoms with E-state index >= 15 is 0 Å². The molecular weight excluding hydrogens is 262 g/mol. The van der Waals surface area contributed by atoms with Crippen LogP contribution in [0, 0.1) is 0 Å². The van der Waals surface area contributed by atoms with E-state index in [4.69, 9.17) is 9.82 Å². The summed E-state index contributed by atoms with van der Waals surface area (Å²) in [5, 5.41) is 5.30. The summed E-state index contributed by atoms with van der Waals surface area (Å²) in [5.41, 5.74) is 3.31. The number of nitrogens with zero attached hydrogens (tertiary/aromatic N) is 3. The standard InChI is InChI=1S/C17H21N3O/c1-3-14-10-16(21-19-14)12-20(2)11-15-9-8-13-6-4-5-7-17(13)18-15/h4-9,16H,3,10-12H2,1-2H3. The molecule has 0 saturated carbocycles. The van der Waals surface area contributed by atoms with Gasteiger partial charge in [-0.15, -0.1) is 0 Å². The lowest BCUT2D eigenvalue weighted by atomic mass is 10.1. The zero-order chi connectivity index (χ0) is 14.7. The zero-order valence-electron chi connectivity index (χ0n) is 12.6. The van der Waals surface area contributed by atoms with Gasteiger partial charge < -0.3 is 4.84 Å². The lowest BCUT2D eigenvalue weighted by molar-refractivity contribution is 0.0574. The van der Waals surface area contributed by atoms with Crippen LogP contribution in [0.15, 0.2) is 41.6 Å². The molecule has 0 fully saturated rings. The molecule has 0 bridgehead atoms. The highest BCUT2D eigenvalue weighted by atomic mass is 16.6. The first-order valence-electron chi connectivity index (χ1n) is 7.49. The van der Waals surface area contributed by atoms with Crippen molar-refractivity contribution in [2.75, 3.05) is 13.6 Å². The number of fused-ring (bicyclic) bond motifs is 1. The van der Waals surface area contributed by atoms with Crippen LogP contribution in [-0.4, -0.2) is 35.3 Å². The van der Waals surface area contributed by atoms with Crippen molar-refractivity contribution in [1.29, 1.82) is 0 Å². The molecule has 110 valence electrons. The third-order valence-electron chi connectivity index (χ3n) is 3.81. The van der Waals surface area contributed by atoms with Crippen molar-refractivity contribution in [2.24, 2.45) is 5.16 Å². The molecule has 0 N–H and O–H groups in total. The Bertz CT molecular complexity index is 653. The van der Waals surface area contributed by atoms with Gasteiger partial charge in [0.15, 0.2) is 0 Å². The Kier molecular flexibility index (Phi) is 4.15. The molecule has 0 saturated heterocycles. The van der Waals surface area contributed by atoms with E-state index in [1.165, 1.54) is 5.39 Å². The molecule has 0 spiro atoms. The van der Waals surface area contributed by atoms with Crippen LogP contribution in [0.2, 0.25) is 0 Å². The molecule has 1 aliphatic heterocycles. The molecule has 1 aliphatic rings. The first kappa shape index (κ1) is 14.0. The second-order valence-corrected chi connectivity index (χ2v) is 5.63.